The Labute approximate surface area is 159 Å². The number of hydrogen-bond acceptors (Lipinski definition) is 5. The number of esters is 1. The molecule has 1 saturated heterocycles. The van der Waals surface area contributed by atoms with E-state index in [1.54, 1.807) is 36.6 Å². The summed E-state index contributed by atoms with van der Waals surface area (Å²) >= 11 is 13.3. The second-order valence-corrected chi connectivity index (χ2v) is 7.43. The van der Waals surface area contributed by atoms with E-state index in [4.69, 9.17) is 32.4 Å². The van der Waals surface area contributed by atoms with Crippen LogP contribution in [-0.2, 0) is 20.9 Å². The topological polar surface area (TPSA) is 59.8 Å². The molecule has 1 aliphatic rings. The summed E-state index contributed by atoms with van der Waals surface area (Å²) in [7, 11) is 0. The summed E-state index contributed by atoms with van der Waals surface area (Å²) in [5.41, 5.74) is 0.727. The minimum absolute atomic E-state index is 0.0635. The van der Waals surface area contributed by atoms with Crippen LogP contribution in [0.25, 0.3) is 0 Å². The average molecular weight is 400 g/mol. The molecule has 1 amide bonds. The lowest BCUT2D eigenvalue weighted by molar-refractivity contribution is -0.154. The second-order valence-electron chi connectivity index (χ2n) is 5.50. The molecule has 0 spiro atoms. The maximum absolute atomic E-state index is 12.5. The van der Waals surface area contributed by atoms with Crippen molar-refractivity contribution < 1.29 is 18.7 Å². The molecular weight excluding hydrogens is 385 g/mol. The molecule has 0 bridgehead atoms. The number of carbonyl (C=O) groups is 2. The van der Waals surface area contributed by atoms with Gasteiger partial charge in [-0.2, -0.15) is 0 Å². The lowest BCUT2D eigenvalue weighted by Gasteiger charge is -2.25. The first kappa shape index (κ1) is 18.2. The molecule has 5 nitrogen and oxygen atoms in total. The lowest BCUT2D eigenvalue weighted by Crippen LogP contribution is -2.42. The number of ether oxygens (including phenoxy) is 1. The van der Waals surface area contributed by atoms with E-state index in [0.717, 1.165) is 5.56 Å². The predicted octanol–water partition coefficient (Wildman–Crippen LogP) is 4.29. The van der Waals surface area contributed by atoms with E-state index >= 15 is 0 Å². The molecule has 1 aliphatic heterocycles. The molecule has 0 radical (unpaired) electrons. The minimum atomic E-state index is -0.652. The SMILES string of the molecule is CC(=O)N1[C@@H](c2ccco2)SC[C@H]1C(=O)OCc1ccc(Cl)c(Cl)c1. The van der Waals surface area contributed by atoms with Crippen molar-refractivity contribution in [3.05, 3.63) is 58.0 Å². The van der Waals surface area contributed by atoms with Crippen LogP contribution in [0.1, 0.15) is 23.6 Å². The second kappa shape index (κ2) is 7.72. The third-order valence-corrected chi connectivity index (χ3v) is 5.81. The molecule has 3 rings (SSSR count). The van der Waals surface area contributed by atoms with E-state index in [-0.39, 0.29) is 17.9 Å². The fourth-order valence-corrected chi connectivity index (χ4v) is 4.34. The molecule has 2 aromatic rings. The standard InChI is InChI=1S/C17H15Cl2NO4S/c1-10(21)20-14(9-25-16(20)15-3-2-6-23-15)17(22)24-8-11-4-5-12(18)13(19)7-11/h2-7,14,16H,8-9H2,1H3/t14-,16+/m0/s1. The average Bonchev–Trinajstić information content (AvgIpc) is 3.24. The van der Waals surface area contributed by atoms with E-state index in [2.05, 4.69) is 0 Å². The van der Waals surface area contributed by atoms with Crippen LogP contribution < -0.4 is 0 Å². The van der Waals surface area contributed by atoms with E-state index < -0.39 is 12.0 Å². The van der Waals surface area contributed by atoms with Gasteiger partial charge in [0.15, 0.2) is 0 Å². The third-order valence-electron chi connectivity index (χ3n) is 3.79. The van der Waals surface area contributed by atoms with Crippen molar-refractivity contribution in [2.45, 2.75) is 24.9 Å². The quantitative estimate of drug-likeness (QED) is 0.717. The molecule has 25 heavy (non-hydrogen) atoms. The summed E-state index contributed by atoms with van der Waals surface area (Å²) in [6, 6.07) is 7.92. The first-order chi connectivity index (χ1) is 12.0. The van der Waals surface area contributed by atoms with Gasteiger partial charge in [0.25, 0.3) is 0 Å². The molecule has 2 heterocycles. The van der Waals surface area contributed by atoms with Crippen molar-refractivity contribution in [1.82, 2.24) is 4.90 Å². The van der Waals surface area contributed by atoms with E-state index in [1.165, 1.54) is 23.6 Å². The number of hydrogen-bond donors (Lipinski definition) is 0. The summed E-state index contributed by atoms with van der Waals surface area (Å²) in [5, 5.41) is 0.512. The largest absolute Gasteiger partial charge is 0.466 e. The predicted molar refractivity (Wildman–Crippen MR) is 96.5 cm³/mol. The number of amides is 1. The maximum atomic E-state index is 12.5. The molecule has 8 heteroatoms. The van der Waals surface area contributed by atoms with Crippen LogP contribution in [0, 0.1) is 0 Å². The van der Waals surface area contributed by atoms with Crippen LogP contribution >= 0.6 is 35.0 Å². The van der Waals surface area contributed by atoms with Gasteiger partial charge in [-0.05, 0) is 29.8 Å². The Kier molecular flexibility index (Phi) is 5.61. The van der Waals surface area contributed by atoms with Gasteiger partial charge in [-0.25, -0.2) is 4.79 Å². The van der Waals surface area contributed by atoms with E-state index in [9.17, 15) is 9.59 Å². The van der Waals surface area contributed by atoms with Crippen molar-refractivity contribution in [2.75, 3.05) is 5.75 Å². The van der Waals surface area contributed by atoms with Crippen molar-refractivity contribution in [3.8, 4) is 0 Å². The van der Waals surface area contributed by atoms with Crippen molar-refractivity contribution in [2.24, 2.45) is 0 Å². The molecule has 0 saturated carbocycles. The summed E-state index contributed by atoms with van der Waals surface area (Å²) in [6.45, 7) is 1.50. The number of benzene rings is 1. The number of furan rings is 1. The number of carbonyl (C=O) groups excluding carboxylic acids is 2. The molecule has 1 fully saturated rings. The van der Waals surface area contributed by atoms with Crippen LogP contribution in [0.15, 0.2) is 41.0 Å². The van der Waals surface area contributed by atoms with Crippen LogP contribution in [0.5, 0.6) is 0 Å². The molecule has 2 atom stereocenters. The summed E-state index contributed by atoms with van der Waals surface area (Å²) in [4.78, 5) is 26.0. The fourth-order valence-electron chi connectivity index (χ4n) is 2.60. The molecule has 132 valence electrons. The van der Waals surface area contributed by atoms with Gasteiger partial charge in [0.1, 0.15) is 23.8 Å². The van der Waals surface area contributed by atoms with Gasteiger partial charge < -0.3 is 14.1 Å². The third kappa shape index (κ3) is 3.97. The van der Waals surface area contributed by atoms with Crippen LogP contribution in [-0.4, -0.2) is 28.6 Å². The van der Waals surface area contributed by atoms with Gasteiger partial charge >= 0.3 is 5.97 Å². The van der Waals surface area contributed by atoms with Gasteiger partial charge in [-0.3, -0.25) is 4.79 Å². The number of rotatable bonds is 4. The Bertz CT molecular complexity index is 781. The van der Waals surface area contributed by atoms with E-state index in [0.29, 0.717) is 21.6 Å². The van der Waals surface area contributed by atoms with Crippen LogP contribution in [0.3, 0.4) is 0 Å². The molecule has 0 N–H and O–H groups in total. The molecule has 1 aromatic heterocycles. The first-order valence-electron chi connectivity index (χ1n) is 7.52. The van der Waals surface area contributed by atoms with Gasteiger partial charge in [-0.15, -0.1) is 11.8 Å². The number of thioether (sulfide) groups is 1. The highest BCUT2D eigenvalue weighted by atomic mass is 35.5. The first-order valence-corrected chi connectivity index (χ1v) is 9.32. The lowest BCUT2D eigenvalue weighted by atomic mass is 10.2. The summed E-state index contributed by atoms with van der Waals surface area (Å²) in [5.74, 6) is 0.427. The number of halogens is 2. The number of nitrogens with zero attached hydrogens (tertiary/aromatic N) is 1. The Morgan fingerprint density at radius 2 is 2.12 bits per heavy atom. The molecular formula is C17H15Cl2NO4S. The van der Waals surface area contributed by atoms with Crippen LogP contribution in [0.2, 0.25) is 10.0 Å². The Morgan fingerprint density at radius 3 is 2.76 bits per heavy atom. The molecule has 0 unspecified atom stereocenters. The van der Waals surface area contributed by atoms with E-state index in [1.807, 2.05) is 0 Å². The smallest absolute Gasteiger partial charge is 0.330 e. The van der Waals surface area contributed by atoms with Crippen LogP contribution in [0.4, 0.5) is 0 Å². The van der Waals surface area contributed by atoms with Gasteiger partial charge in [0, 0.05) is 12.7 Å². The summed E-state index contributed by atoms with van der Waals surface area (Å²) < 4.78 is 10.8. The Balaban J connectivity index is 1.68. The van der Waals surface area contributed by atoms with Crippen molar-refractivity contribution >= 4 is 46.8 Å². The minimum Gasteiger partial charge on any atom is -0.466 e. The van der Waals surface area contributed by atoms with Crippen molar-refractivity contribution in [3.63, 3.8) is 0 Å². The Hall–Kier alpha value is -1.63. The zero-order chi connectivity index (χ0) is 18.0. The molecule has 1 aromatic carbocycles. The highest BCUT2D eigenvalue weighted by Crippen LogP contribution is 2.41. The van der Waals surface area contributed by atoms with Crippen molar-refractivity contribution in [1.29, 1.82) is 0 Å². The highest BCUT2D eigenvalue weighted by Gasteiger charge is 2.43. The highest BCUT2D eigenvalue weighted by molar-refractivity contribution is 7.99. The van der Waals surface area contributed by atoms with Gasteiger partial charge in [0.05, 0.1) is 16.3 Å². The maximum Gasteiger partial charge on any atom is 0.330 e. The van der Waals surface area contributed by atoms with Gasteiger partial charge in [0.2, 0.25) is 5.91 Å². The monoisotopic (exact) mass is 399 g/mol. The zero-order valence-corrected chi connectivity index (χ0v) is 15.6. The van der Waals surface area contributed by atoms with Gasteiger partial charge in [-0.1, -0.05) is 29.3 Å². The summed E-state index contributed by atoms with van der Waals surface area (Å²) in [6.07, 6.45) is 1.55. The molecule has 0 aliphatic carbocycles. The fraction of sp³-hybridized carbons (Fsp3) is 0.294. The Morgan fingerprint density at radius 1 is 1.32 bits per heavy atom. The zero-order valence-electron chi connectivity index (χ0n) is 13.3. The normalized spacial score (nSPS) is 19.9.